The average Bonchev–Trinajstić information content (AvgIpc) is 3.03. The summed E-state index contributed by atoms with van der Waals surface area (Å²) in [6, 6.07) is 0. The Labute approximate surface area is 133 Å². The quantitative estimate of drug-likeness (QED) is 0.822. The number of carbonyl (C=O) groups is 1. The van der Waals surface area contributed by atoms with E-state index in [-0.39, 0.29) is 12.1 Å². The van der Waals surface area contributed by atoms with Gasteiger partial charge in [-0.15, -0.1) is 0 Å². The molecular weight excluding hydrogens is 300 g/mol. The molecule has 1 saturated heterocycles. The molecule has 0 saturated carbocycles. The van der Waals surface area contributed by atoms with Gasteiger partial charge in [0.2, 0.25) is 0 Å². The van der Waals surface area contributed by atoms with Crippen LogP contribution in [0.5, 0.6) is 0 Å². The Morgan fingerprint density at radius 2 is 2.39 bits per heavy atom. The van der Waals surface area contributed by atoms with Crippen LogP contribution in [0.3, 0.4) is 0 Å². The lowest BCUT2D eigenvalue weighted by Gasteiger charge is -2.35. The van der Waals surface area contributed by atoms with Crippen LogP contribution in [0, 0.1) is 0 Å². The van der Waals surface area contributed by atoms with Gasteiger partial charge in [-0.2, -0.15) is 5.10 Å². The van der Waals surface area contributed by atoms with E-state index in [0.29, 0.717) is 44.1 Å². The van der Waals surface area contributed by atoms with Crippen LogP contribution in [0.25, 0.3) is 11.0 Å². The number of morpholine rings is 1. The second kappa shape index (κ2) is 6.93. The Hall–Kier alpha value is -2.19. The van der Waals surface area contributed by atoms with Gasteiger partial charge in [0.1, 0.15) is 5.56 Å². The Bertz CT molecular complexity index is 685. The Kier molecular flexibility index (Phi) is 4.73. The summed E-state index contributed by atoms with van der Waals surface area (Å²) in [7, 11) is 1.65. The molecule has 2 aromatic rings. The van der Waals surface area contributed by atoms with Gasteiger partial charge in [-0.3, -0.25) is 5.10 Å². The van der Waals surface area contributed by atoms with Crippen LogP contribution in [-0.4, -0.2) is 67.3 Å². The largest absolute Gasteiger partial charge is 0.462 e. The molecule has 1 N–H and O–H groups in total. The number of anilines is 1. The van der Waals surface area contributed by atoms with Crippen LogP contribution in [0.2, 0.25) is 0 Å². The third-order valence-electron chi connectivity index (χ3n) is 3.76. The number of esters is 1. The van der Waals surface area contributed by atoms with Gasteiger partial charge in [-0.25, -0.2) is 9.78 Å². The normalized spacial score (nSPS) is 18.3. The fraction of sp³-hybridized carbons (Fsp3) is 0.533. The summed E-state index contributed by atoms with van der Waals surface area (Å²) in [5.74, 6) is -0.382. The molecule has 8 nitrogen and oxygen atoms in total. The summed E-state index contributed by atoms with van der Waals surface area (Å²) >= 11 is 0. The molecule has 1 aliphatic rings. The van der Waals surface area contributed by atoms with Gasteiger partial charge in [-0.05, 0) is 6.92 Å². The number of nitrogens with zero attached hydrogens (tertiary/aromatic N) is 3. The zero-order valence-corrected chi connectivity index (χ0v) is 13.2. The van der Waals surface area contributed by atoms with Crippen molar-refractivity contribution in [2.45, 2.75) is 13.0 Å². The van der Waals surface area contributed by atoms with Crippen molar-refractivity contribution in [3.63, 3.8) is 0 Å². The van der Waals surface area contributed by atoms with Crippen LogP contribution in [-0.2, 0) is 14.2 Å². The number of aromatic nitrogens is 3. The number of pyridine rings is 1. The van der Waals surface area contributed by atoms with E-state index < -0.39 is 0 Å². The highest BCUT2D eigenvalue weighted by Crippen LogP contribution is 2.30. The third kappa shape index (κ3) is 3.13. The molecule has 8 heteroatoms. The Balaban J connectivity index is 2.01. The number of hydrogen-bond acceptors (Lipinski definition) is 7. The minimum Gasteiger partial charge on any atom is -0.462 e. The topological polar surface area (TPSA) is 89.6 Å². The highest BCUT2D eigenvalue weighted by Gasteiger charge is 2.27. The summed E-state index contributed by atoms with van der Waals surface area (Å²) in [4.78, 5) is 18.7. The maximum Gasteiger partial charge on any atom is 0.341 e. The van der Waals surface area contributed by atoms with Crippen molar-refractivity contribution in [2.24, 2.45) is 0 Å². The minimum atomic E-state index is -0.382. The van der Waals surface area contributed by atoms with E-state index in [1.54, 1.807) is 20.2 Å². The van der Waals surface area contributed by atoms with E-state index in [0.717, 1.165) is 11.1 Å². The molecule has 0 unspecified atom stereocenters. The number of fused-ring (bicyclic) bond motifs is 1. The maximum absolute atomic E-state index is 12.3. The van der Waals surface area contributed by atoms with Gasteiger partial charge >= 0.3 is 5.97 Å². The van der Waals surface area contributed by atoms with Gasteiger partial charge in [0.05, 0.1) is 43.2 Å². The summed E-state index contributed by atoms with van der Waals surface area (Å²) < 4.78 is 16.0. The van der Waals surface area contributed by atoms with Gasteiger partial charge in [0.15, 0.2) is 5.65 Å². The number of aromatic amines is 1. The first-order valence-electron chi connectivity index (χ1n) is 7.59. The highest BCUT2D eigenvalue weighted by molar-refractivity contribution is 6.04. The number of carbonyl (C=O) groups excluding carboxylic acids is 1. The monoisotopic (exact) mass is 320 g/mol. The zero-order valence-electron chi connectivity index (χ0n) is 13.2. The molecule has 0 amide bonds. The van der Waals surface area contributed by atoms with Crippen LogP contribution >= 0.6 is 0 Å². The molecule has 1 aliphatic heterocycles. The smallest absolute Gasteiger partial charge is 0.341 e. The predicted molar refractivity (Wildman–Crippen MR) is 83.7 cm³/mol. The average molecular weight is 320 g/mol. The van der Waals surface area contributed by atoms with Gasteiger partial charge in [-0.1, -0.05) is 0 Å². The van der Waals surface area contributed by atoms with E-state index in [9.17, 15) is 4.79 Å². The van der Waals surface area contributed by atoms with E-state index >= 15 is 0 Å². The van der Waals surface area contributed by atoms with Crippen LogP contribution in [0.4, 0.5) is 5.69 Å². The lowest BCUT2D eigenvalue weighted by atomic mass is 10.1. The molecule has 0 bridgehead atoms. The number of H-pyrrole nitrogens is 1. The van der Waals surface area contributed by atoms with E-state index in [1.165, 1.54) is 6.20 Å². The minimum absolute atomic E-state index is 0.0427. The maximum atomic E-state index is 12.3. The van der Waals surface area contributed by atoms with Crippen molar-refractivity contribution in [2.75, 3.05) is 44.9 Å². The summed E-state index contributed by atoms with van der Waals surface area (Å²) in [6.07, 6.45) is 3.18. The van der Waals surface area contributed by atoms with Gasteiger partial charge < -0.3 is 19.1 Å². The van der Waals surface area contributed by atoms with Crippen LogP contribution < -0.4 is 4.90 Å². The van der Waals surface area contributed by atoms with Gasteiger partial charge in [0.25, 0.3) is 0 Å². The fourth-order valence-corrected chi connectivity index (χ4v) is 2.79. The molecular formula is C15H20N4O4. The number of nitrogens with one attached hydrogen (secondary N) is 1. The molecule has 1 fully saturated rings. The SMILES string of the molecule is CCOC(=O)c1cnc2[nH]ncc2c1N1CCO[C@@H](COC)C1. The first-order chi connectivity index (χ1) is 11.2. The molecule has 0 spiro atoms. The van der Waals surface area contributed by atoms with Crippen molar-refractivity contribution in [3.05, 3.63) is 18.0 Å². The summed E-state index contributed by atoms with van der Waals surface area (Å²) in [5, 5.41) is 7.67. The van der Waals surface area contributed by atoms with E-state index in [1.807, 2.05) is 0 Å². The second-order valence-electron chi connectivity index (χ2n) is 5.27. The molecule has 0 aromatic carbocycles. The van der Waals surface area contributed by atoms with Crippen molar-refractivity contribution in [1.29, 1.82) is 0 Å². The lowest BCUT2D eigenvalue weighted by Crippen LogP contribution is -2.45. The third-order valence-corrected chi connectivity index (χ3v) is 3.76. The molecule has 1 atom stereocenters. The van der Waals surface area contributed by atoms with Crippen molar-refractivity contribution < 1.29 is 19.0 Å². The predicted octanol–water partition coefficient (Wildman–Crippen LogP) is 0.986. The molecule has 124 valence electrons. The Morgan fingerprint density at radius 1 is 1.52 bits per heavy atom. The highest BCUT2D eigenvalue weighted by atomic mass is 16.5. The van der Waals surface area contributed by atoms with Crippen molar-refractivity contribution in [3.8, 4) is 0 Å². The number of methoxy groups -OCH3 is 1. The molecule has 3 heterocycles. The number of hydrogen-bond donors (Lipinski definition) is 1. The number of ether oxygens (including phenoxy) is 3. The molecule has 23 heavy (non-hydrogen) atoms. The van der Waals surface area contributed by atoms with Gasteiger partial charge in [0, 0.05) is 26.4 Å². The lowest BCUT2D eigenvalue weighted by molar-refractivity contribution is -0.0100. The zero-order chi connectivity index (χ0) is 16.2. The fourth-order valence-electron chi connectivity index (χ4n) is 2.79. The van der Waals surface area contributed by atoms with Crippen molar-refractivity contribution >= 4 is 22.7 Å². The standard InChI is InChI=1S/C15H20N4O4/c1-3-22-15(20)12-6-16-14-11(7-17-18-14)13(12)19-4-5-23-10(8-19)9-21-2/h6-7,10H,3-5,8-9H2,1-2H3,(H,16,17,18)/t10-/m1/s1. The van der Waals surface area contributed by atoms with Crippen LogP contribution in [0.15, 0.2) is 12.4 Å². The van der Waals surface area contributed by atoms with E-state index in [4.69, 9.17) is 14.2 Å². The molecule has 2 aromatic heterocycles. The molecule has 0 radical (unpaired) electrons. The summed E-state index contributed by atoms with van der Waals surface area (Å²) in [6.45, 7) is 4.48. The Morgan fingerprint density at radius 3 is 3.17 bits per heavy atom. The molecule has 3 rings (SSSR count). The molecule has 0 aliphatic carbocycles. The van der Waals surface area contributed by atoms with Crippen LogP contribution in [0.1, 0.15) is 17.3 Å². The first-order valence-corrected chi connectivity index (χ1v) is 7.59. The van der Waals surface area contributed by atoms with Crippen molar-refractivity contribution in [1.82, 2.24) is 15.2 Å². The number of rotatable bonds is 5. The summed E-state index contributed by atoms with van der Waals surface area (Å²) in [5.41, 5.74) is 1.87. The van der Waals surface area contributed by atoms with E-state index in [2.05, 4.69) is 20.1 Å². The second-order valence-corrected chi connectivity index (χ2v) is 5.27. The first kappa shape index (κ1) is 15.7.